The SMILES string of the molecule is C[C@@H](NCC1CCC2(CCCC2)O1)c1ccco1. The van der Waals surface area contributed by atoms with E-state index in [9.17, 15) is 0 Å². The second kappa shape index (κ2) is 5.06. The Morgan fingerprint density at radius 1 is 1.39 bits per heavy atom. The Morgan fingerprint density at radius 3 is 2.94 bits per heavy atom. The Balaban J connectivity index is 1.47. The number of nitrogens with one attached hydrogen (secondary N) is 1. The molecule has 1 aromatic rings. The molecule has 1 aliphatic heterocycles. The van der Waals surface area contributed by atoms with Gasteiger partial charge in [0.2, 0.25) is 0 Å². The molecule has 1 aromatic heterocycles. The predicted molar refractivity (Wildman–Crippen MR) is 70.4 cm³/mol. The molecule has 18 heavy (non-hydrogen) atoms. The number of ether oxygens (including phenoxy) is 1. The number of hydrogen-bond acceptors (Lipinski definition) is 3. The van der Waals surface area contributed by atoms with Crippen LogP contribution in [-0.4, -0.2) is 18.2 Å². The second-order valence-electron chi connectivity index (χ2n) is 5.81. The van der Waals surface area contributed by atoms with Crippen molar-refractivity contribution in [1.82, 2.24) is 5.32 Å². The Hall–Kier alpha value is -0.800. The van der Waals surface area contributed by atoms with Crippen LogP contribution in [0.5, 0.6) is 0 Å². The molecule has 3 heteroatoms. The van der Waals surface area contributed by atoms with Gasteiger partial charge in [0.15, 0.2) is 0 Å². The summed E-state index contributed by atoms with van der Waals surface area (Å²) in [6.07, 6.45) is 9.83. The molecule has 1 saturated heterocycles. The summed E-state index contributed by atoms with van der Waals surface area (Å²) in [5.74, 6) is 1.00. The minimum atomic E-state index is 0.250. The molecule has 3 rings (SSSR count). The molecule has 2 heterocycles. The normalized spacial score (nSPS) is 27.9. The van der Waals surface area contributed by atoms with Crippen LogP contribution >= 0.6 is 0 Å². The Bertz CT molecular complexity index is 368. The molecule has 2 atom stereocenters. The van der Waals surface area contributed by atoms with Crippen molar-refractivity contribution in [2.45, 2.75) is 63.2 Å². The van der Waals surface area contributed by atoms with Crippen molar-refractivity contribution in [2.75, 3.05) is 6.54 Å². The molecule has 0 amide bonds. The fraction of sp³-hybridized carbons (Fsp3) is 0.733. The van der Waals surface area contributed by atoms with Gasteiger partial charge >= 0.3 is 0 Å². The first-order valence-corrected chi connectivity index (χ1v) is 7.22. The summed E-state index contributed by atoms with van der Waals surface area (Å²) in [4.78, 5) is 0. The van der Waals surface area contributed by atoms with Crippen molar-refractivity contribution in [3.8, 4) is 0 Å². The molecular formula is C15H23NO2. The largest absolute Gasteiger partial charge is 0.468 e. The average Bonchev–Trinajstić information content (AvgIpc) is 3.09. The molecule has 1 unspecified atom stereocenters. The zero-order chi connectivity index (χ0) is 12.4. The van der Waals surface area contributed by atoms with Gasteiger partial charge < -0.3 is 14.5 Å². The lowest BCUT2D eigenvalue weighted by Gasteiger charge is -2.24. The van der Waals surface area contributed by atoms with E-state index in [0.717, 1.165) is 12.3 Å². The Morgan fingerprint density at radius 2 is 2.22 bits per heavy atom. The number of hydrogen-bond donors (Lipinski definition) is 1. The van der Waals surface area contributed by atoms with Crippen LogP contribution in [-0.2, 0) is 4.74 Å². The average molecular weight is 249 g/mol. The minimum absolute atomic E-state index is 0.250. The summed E-state index contributed by atoms with van der Waals surface area (Å²) >= 11 is 0. The molecular weight excluding hydrogens is 226 g/mol. The first kappa shape index (κ1) is 12.2. The molecule has 1 N–H and O–H groups in total. The molecule has 3 nitrogen and oxygen atoms in total. The highest BCUT2D eigenvalue weighted by Crippen LogP contribution is 2.43. The molecule has 2 fully saturated rings. The fourth-order valence-electron chi connectivity index (χ4n) is 3.37. The quantitative estimate of drug-likeness (QED) is 0.887. The van der Waals surface area contributed by atoms with Crippen molar-refractivity contribution in [3.05, 3.63) is 24.2 Å². The highest BCUT2D eigenvalue weighted by molar-refractivity contribution is 5.03. The monoisotopic (exact) mass is 249 g/mol. The first-order chi connectivity index (χ1) is 8.77. The maximum absolute atomic E-state index is 6.28. The lowest BCUT2D eigenvalue weighted by molar-refractivity contribution is -0.0359. The summed E-state index contributed by atoms with van der Waals surface area (Å²) in [7, 11) is 0. The van der Waals surface area contributed by atoms with Crippen LogP contribution in [0.3, 0.4) is 0 Å². The summed E-state index contributed by atoms with van der Waals surface area (Å²) in [6.45, 7) is 3.07. The van der Waals surface area contributed by atoms with E-state index in [0.29, 0.717) is 6.10 Å². The third-order valence-corrected chi connectivity index (χ3v) is 4.48. The Kier molecular flexibility index (Phi) is 3.44. The molecule has 0 aromatic carbocycles. The molecule has 1 saturated carbocycles. The van der Waals surface area contributed by atoms with Crippen LogP contribution in [0.4, 0.5) is 0 Å². The summed E-state index contributed by atoms with van der Waals surface area (Å²) < 4.78 is 11.7. The minimum Gasteiger partial charge on any atom is -0.468 e. The van der Waals surface area contributed by atoms with Gasteiger partial charge in [-0.15, -0.1) is 0 Å². The van der Waals surface area contributed by atoms with Crippen molar-refractivity contribution in [2.24, 2.45) is 0 Å². The Labute approximate surface area is 109 Å². The smallest absolute Gasteiger partial charge is 0.120 e. The van der Waals surface area contributed by atoms with Crippen LogP contribution in [0.2, 0.25) is 0 Å². The van der Waals surface area contributed by atoms with Gasteiger partial charge in [0.1, 0.15) is 5.76 Å². The fourth-order valence-corrected chi connectivity index (χ4v) is 3.37. The highest BCUT2D eigenvalue weighted by atomic mass is 16.5. The molecule has 1 spiro atoms. The van der Waals surface area contributed by atoms with Crippen LogP contribution in [0, 0.1) is 0 Å². The molecule has 2 aliphatic rings. The van der Waals surface area contributed by atoms with Gasteiger partial charge in [-0.25, -0.2) is 0 Å². The standard InChI is InChI=1S/C15H23NO2/c1-12(14-5-4-10-17-14)16-11-13-6-9-15(18-13)7-2-3-8-15/h4-5,10,12-13,16H,2-3,6-9,11H2,1H3/t12-,13?/m1/s1. The first-order valence-electron chi connectivity index (χ1n) is 7.22. The van der Waals surface area contributed by atoms with Gasteiger partial charge in [-0.3, -0.25) is 0 Å². The predicted octanol–water partition coefficient (Wildman–Crippen LogP) is 3.42. The van der Waals surface area contributed by atoms with Crippen molar-refractivity contribution >= 4 is 0 Å². The van der Waals surface area contributed by atoms with E-state index in [4.69, 9.17) is 9.15 Å². The van der Waals surface area contributed by atoms with Gasteiger partial charge in [-0.1, -0.05) is 12.8 Å². The van der Waals surface area contributed by atoms with Crippen molar-refractivity contribution in [3.63, 3.8) is 0 Å². The van der Waals surface area contributed by atoms with Crippen LogP contribution in [0.25, 0.3) is 0 Å². The van der Waals surface area contributed by atoms with Gasteiger partial charge in [-0.2, -0.15) is 0 Å². The number of furan rings is 1. The van der Waals surface area contributed by atoms with E-state index >= 15 is 0 Å². The highest BCUT2D eigenvalue weighted by Gasteiger charge is 2.41. The maximum Gasteiger partial charge on any atom is 0.120 e. The van der Waals surface area contributed by atoms with E-state index < -0.39 is 0 Å². The molecule has 100 valence electrons. The molecule has 1 aliphatic carbocycles. The lowest BCUT2D eigenvalue weighted by atomic mass is 9.98. The van der Waals surface area contributed by atoms with Gasteiger partial charge in [-0.05, 0) is 44.7 Å². The third-order valence-electron chi connectivity index (χ3n) is 4.48. The lowest BCUT2D eigenvalue weighted by Crippen LogP contribution is -2.32. The van der Waals surface area contributed by atoms with Gasteiger partial charge in [0.05, 0.1) is 24.0 Å². The van der Waals surface area contributed by atoms with Crippen LogP contribution in [0.15, 0.2) is 22.8 Å². The van der Waals surface area contributed by atoms with Gasteiger partial charge in [0.25, 0.3) is 0 Å². The van der Waals surface area contributed by atoms with Crippen molar-refractivity contribution < 1.29 is 9.15 Å². The third kappa shape index (κ3) is 2.47. The van der Waals surface area contributed by atoms with E-state index in [-0.39, 0.29) is 11.6 Å². The summed E-state index contributed by atoms with van der Waals surface area (Å²) in [5.41, 5.74) is 0.250. The topological polar surface area (TPSA) is 34.4 Å². The van der Waals surface area contributed by atoms with Gasteiger partial charge in [0, 0.05) is 6.54 Å². The van der Waals surface area contributed by atoms with Crippen molar-refractivity contribution in [1.29, 1.82) is 0 Å². The maximum atomic E-state index is 6.28. The van der Waals surface area contributed by atoms with Crippen LogP contribution < -0.4 is 5.32 Å². The van der Waals surface area contributed by atoms with Crippen LogP contribution in [0.1, 0.15) is 57.3 Å². The summed E-state index contributed by atoms with van der Waals surface area (Å²) in [5, 5.41) is 3.51. The van der Waals surface area contributed by atoms with E-state index in [1.165, 1.54) is 38.5 Å². The van der Waals surface area contributed by atoms with E-state index in [1.807, 2.05) is 12.1 Å². The summed E-state index contributed by atoms with van der Waals surface area (Å²) in [6, 6.07) is 4.22. The molecule has 0 bridgehead atoms. The zero-order valence-electron chi connectivity index (χ0n) is 11.2. The van der Waals surface area contributed by atoms with E-state index in [2.05, 4.69) is 12.2 Å². The zero-order valence-corrected chi connectivity index (χ0v) is 11.2. The number of rotatable bonds is 4. The molecule has 0 radical (unpaired) electrons. The second-order valence-corrected chi connectivity index (χ2v) is 5.81. The van der Waals surface area contributed by atoms with E-state index in [1.54, 1.807) is 6.26 Å².